The number of nitrogens with zero attached hydrogens (tertiary/aromatic N) is 3. The average Bonchev–Trinajstić information content (AvgIpc) is 3.11. The van der Waals surface area contributed by atoms with Gasteiger partial charge in [-0.05, 0) is 48.6 Å². The molecule has 4 aromatic rings. The minimum Gasteiger partial charge on any atom is -0.341 e. The Morgan fingerprint density at radius 2 is 1.24 bits per heavy atom. The Labute approximate surface area is 171 Å². The van der Waals surface area contributed by atoms with Crippen LogP contribution in [0.3, 0.4) is 0 Å². The van der Waals surface area contributed by atoms with Gasteiger partial charge in [-0.3, -0.25) is 0 Å². The lowest BCUT2D eigenvalue weighted by Crippen LogP contribution is -2.29. The summed E-state index contributed by atoms with van der Waals surface area (Å²) in [6.07, 6.45) is 0. The quantitative estimate of drug-likeness (QED) is 0.362. The van der Waals surface area contributed by atoms with Crippen molar-refractivity contribution in [1.82, 2.24) is 0 Å². The molecule has 0 atom stereocenters. The van der Waals surface area contributed by atoms with Gasteiger partial charge in [-0.15, -0.1) is 0 Å². The molecule has 0 N–H and O–H groups in total. The molecule has 2 aliphatic heterocycles. The second-order valence-electron chi connectivity index (χ2n) is 8.10. The molecule has 0 saturated heterocycles. The zero-order valence-corrected chi connectivity index (χ0v) is 17.0. The number of rotatable bonds is 1. The van der Waals surface area contributed by atoms with Gasteiger partial charge in [0.15, 0.2) is 0 Å². The molecule has 0 spiro atoms. The average molecular weight is 377 g/mol. The molecule has 4 aromatic carbocycles. The van der Waals surface area contributed by atoms with Crippen LogP contribution in [0.15, 0.2) is 72.8 Å². The molecule has 3 heteroatoms. The summed E-state index contributed by atoms with van der Waals surface area (Å²) in [6.45, 7) is 5.25. The van der Waals surface area contributed by atoms with Crippen molar-refractivity contribution in [1.29, 1.82) is 0 Å². The molecule has 0 aromatic heterocycles. The molecule has 29 heavy (non-hydrogen) atoms. The summed E-state index contributed by atoms with van der Waals surface area (Å²) in [5, 5.41) is 2.58. The number of aryl methyl sites for hydroxylation is 2. The van der Waals surface area contributed by atoms with E-state index in [0.29, 0.717) is 0 Å². The van der Waals surface area contributed by atoms with Crippen molar-refractivity contribution in [2.45, 2.75) is 13.8 Å². The summed E-state index contributed by atoms with van der Waals surface area (Å²) in [7, 11) is 2.19. The zero-order chi connectivity index (χ0) is 19.7. The van der Waals surface area contributed by atoms with Crippen LogP contribution in [0.2, 0.25) is 0 Å². The molecule has 0 saturated carbocycles. The monoisotopic (exact) mass is 377 g/mol. The molecule has 142 valence electrons. The topological polar surface area (TPSA) is 9.72 Å². The summed E-state index contributed by atoms with van der Waals surface area (Å²) in [4.78, 5) is 7.32. The van der Waals surface area contributed by atoms with E-state index in [9.17, 15) is 0 Å². The summed E-state index contributed by atoms with van der Waals surface area (Å²) >= 11 is 0. The van der Waals surface area contributed by atoms with Crippen LogP contribution in [0.4, 0.5) is 34.1 Å². The first kappa shape index (κ1) is 16.5. The van der Waals surface area contributed by atoms with E-state index in [1.54, 1.807) is 0 Å². The smallest absolute Gasteiger partial charge is 0.100 e. The van der Waals surface area contributed by atoms with Gasteiger partial charge in [0.25, 0.3) is 0 Å². The fourth-order valence-corrected chi connectivity index (χ4v) is 5.13. The molecule has 2 aliphatic rings. The summed E-state index contributed by atoms with van der Waals surface area (Å²) < 4.78 is 0. The van der Waals surface area contributed by atoms with Gasteiger partial charge in [0, 0.05) is 18.1 Å². The van der Waals surface area contributed by atoms with Crippen molar-refractivity contribution >= 4 is 44.9 Å². The third kappa shape index (κ3) is 2.13. The molecule has 0 fully saturated rings. The maximum Gasteiger partial charge on any atom is 0.100 e. The van der Waals surface area contributed by atoms with Crippen LogP contribution in [-0.2, 0) is 0 Å². The number of anilines is 6. The summed E-state index contributed by atoms with van der Waals surface area (Å²) in [5.74, 6) is 0. The van der Waals surface area contributed by atoms with Crippen LogP contribution in [0.25, 0.3) is 10.8 Å². The highest BCUT2D eigenvalue weighted by atomic mass is 15.4. The minimum atomic E-state index is 0.831. The Hall–Kier alpha value is -3.46. The molecule has 0 amide bonds. The van der Waals surface area contributed by atoms with Gasteiger partial charge < -0.3 is 14.7 Å². The van der Waals surface area contributed by atoms with Crippen molar-refractivity contribution in [2.24, 2.45) is 0 Å². The number of hydrogen-bond donors (Lipinski definition) is 0. The van der Waals surface area contributed by atoms with Crippen molar-refractivity contribution in [3.8, 4) is 0 Å². The van der Waals surface area contributed by atoms with Gasteiger partial charge >= 0.3 is 0 Å². The van der Waals surface area contributed by atoms with Crippen LogP contribution in [0.1, 0.15) is 11.1 Å². The van der Waals surface area contributed by atoms with Crippen LogP contribution >= 0.6 is 0 Å². The first-order valence-corrected chi connectivity index (χ1v) is 10.1. The molecular weight excluding hydrogens is 354 g/mol. The van der Waals surface area contributed by atoms with Gasteiger partial charge in [-0.1, -0.05) is 54.6 Å². The van der Waals surface area contributed by atoms with Gasteiger partial charge in [-0.25, -0.2) is 0 Å². The molecule has 0 bridgehead atoms. The number of fused-ring (bicyclic) bond motifs is 4. The van der Waals surface area contributed by atoms with E-state index in [1.165, 1.54) is 56.0 Å². The van der Waals surface area contributed by atoms with Gasteiger partial charge in [-0.2, -0.15) is 0 Å². The van der Waals surface area contributed by atoms with E-state index in [4.69, 9.17) is 0 Å². The summed E-state index contributed by atoms with van der Waals surface area (Å²) in [6, 6.07) is 26.5. The number of para-hydroxylation sites is 2. The third-order valence-electron chi connectivity index (χ3n) is 6.41. The van der Waals surface area contributed by atoms with E-state index >= 15 is 0 Å². The first-order valence-electron chi connectivity index (χ1n) is 10.1. The predicted molar refractivity (Wildman–Crippen MR) is 124 cm³/mol. The highest BCUT2D eigenvalue weighted by Gasteiger charge is 2.37. The normalized spacial score (nSPS) is 14.4. The highest BCUT2D eigenvalue weighted by Crippen LogP contribution is 2.57. The maximum atomic E-state index is 2.48. The Bertz CT molecular complexity index is 1270. The van der Waals surface area contributed by atoms with Crippen LogP contribution in [0, 0.1) is 13.8 Å². The maximum absolute atomic E-state index is 2.48. The van der Waals surface area contributed by atoms with Crippen LogP contribution in [0.5, 0.6) is 0 Å². The SMILES string of the molecule is Cc1cccc(C)c1N1CN2c3ccc4ccccc4c3N(C)c3cccc1c32. The lowest BCUT2D eigenvalue weighted by atomic mass is 10.0. The molecule has 2 heterocycles. The van der Waals surface area contributed by atoms with Gasteiger partial charge in [0.1, 0.15) is 6.67 Å². The van der Waals surface area contributed by atoms with Crippen molar-refractivity contribution < 1.29 is 0 Å². The molecule has 3 nitrogen and oxygen atoms in total. The van der Waals surface area contributed by atoms with E-state index < -0.39 is 0 Å². The first-order chi connectivity index (χ1) is 14.1. The fraction of sp³-hybridized carbons (Fsp3) is 0.154. The predicted octanol–water partition coefficient (Wildman–Crippen LogP) is 6.79. The molecule has 0 radical (unpaired) electrons. The van der Waals surface area contributed by atoms with E-state index in [1.807, 2.05) is 0 Å². The Morgan fingerprint density at radius 3 is 2.07 bits per heavy atom. The lowest BCUT2D eigenvalue weighted by molar-refractivity contribution is 0.968. The second-order valence-corrected chi connectivity index (χ2v) is 8.10. The van der Waals surface area contributed by atoms with Gasteiger partial charge in [0.2, 0.25) is 0 Å². The number of benzene rings is 4. The Morgan fingerprint density at radius 1 is 0.586 bits per heavy atom. The number of hydrogen-bond acceptors (Lipinski definition) is 3. The molecule has 0 aliphatic carbocycles. The van der Waals surface area contributed by atoms with Crippen molar-refractivity contribution in [3.63, 3.8) is 0 Å². The summed E-state index contributed by atoms with van der Waals surface area (Å²) in [5.41, 5.74) is 10.4. The third-order valence-corrected chi connectivity index (χ3v) is 6.41. The standard InChI is InChI=1S/C26H23N3/c1-17-8-6-9-18(2)24(17)28-16-29-23-15-14-19-10-4-5-11-20(19)25(23)27(3)21-12-7-13-22(28)26(21)29/h4-15H,16H2,1-3H3. The second kappa shape index (κ2) is 5.77. The van der Waals surface area contributed by atoms with E-state index in [0.717, 1.165) is 6.67 Å². The van der Waals surface area contributed by atoms with Crippen LogP contribution < -0.4 is 14.7 Å². The van der Waals surface area contributed by atoms with Crippen molar-refractivity contribution in [3.05, 3.63) is 83.9 Å². The molecular formula is C26H23N3. The van der Waals surface area contributed by atoms with Crippen molar-refractivity contribution in [2.75, 3.05) is 28.4 Å². The minimum absolute atomic E-state index is 0.831. The van der Waals surface area contributed by atoms with Gasteiger partial charge in [0.05, 0.1) is 28.4 Å². The fourth-order valence-electron chi connectivity index (χ4n) is 5.13. The van der Waals surface area contributed by atoms with E-state index in [-0.39, 0.29) is 0 Å². The largest absolute Gasteiger partial charge is 0.341 e. The van der Waals surface area contributed by atoms with E-state index in [2.05, 4.69) is 108 Å². The highest BCUT2D eigenvalue weighted by molar-refractivity contribution is 6.11. The van der Waals surface area contributed by atoms with Crippen LogP contribution in [-0.4, -0.2) is 13.7 Å². The zero-order valence-electron chi connectivity index (χ0n) is 17.0. The Balaban J connectivity index is 1.62. The molecule has 6 rings (SSSR count). The Kier molecular flexibility index (Phi) is 3.28. The molecule has 0 unspecified atom stereocenters. The lowest BCUT2D eigenvalue weighted by Gasteiger charge is -2.36.